The third-order valence-electron chi connectivity index (χ3n) is 4.80. The normalized spacial score (nSPS) is 25.0. The number of hydrogen-bond donors (Lipinski definition) is 0. The average molecular weight is 230 g/mol. The Bertz CT molecular complexity index is 362. The molecule has 0 nitrogen and oxygen atoms in total. The SMILES string of the molecule is CC1CCCc2ccccc2CCCC1(C)C. The van der Waals surface area contributed by atoms with Gasteiger partial charge in [-0.05, 0) is 61.0 Å². The summed E-state index contributed by atoms with van der Waals surface area (Å²) in [5.41, 5.74) is 3.71. The number of aryl methyl sites for hydroxylation is 2. The highest BCUT2D eigenvalue weighted by molar-refractivity contribution is 5.27. The van der Waals surface area contributed by atoms with E-state index in [0.29, 0.717) is 5.41 Å². The average Bonchev–Trinajstić information content (AvgIpc) is 2.30. The Labute approximate surface area is 106 Å². The van der Waals surface area contributed by atoms with E-state index < -0.39 is 0 Å². The molecule has 0 saturated carbocycles. The van der Waals surface area contributed by atoms with Gasteiger partial charge in [0.1, 0.15) is 0 Å². The molecule has 2 rings (SSSR count). The van der Waals surface area contributed by atoms with Crippen LogP contribution >= 0.6 is 0 Å². The summed E-state index contributed by atoms with van der Waals surface area (Å²) in [6.07, 6.45) is 7.97. The third-order valence-corrected chi connectivity index (χ3v) is 4.80. The minimum Gasteiger partial charge on any atom is -0.0620 e. The molecule has 0 bridgehead atoms. The van der Waals surface area contributed by atoms with Crippen LogP contribution in [0, 0.1) is 11.3 Å². The molecule has 0 aliphatic heterocycles. The minimum absolute atomic E-state index is 0.520. The van der Waals surface area contributed by atoms with Crippen LogP contribution in [-0.4, -0.2) is 0 Å². The summed E-state index contributed by atoms with van der Waals surface area (Å²) in [7, 11) is 0. The number of hydrogen-bond acceptors (Lipinski definition) is 0. The first-order valence-corrected chi connectivity index (χ1v) is 7.16. The van der Waals surface area contributed by atoms with E-state index in [9.17, 15) is 0 Å². The Morgan fingerprint density at radius 1 is 1.00 bits per heavy atom. The zero-order valence-corrected chi connectivity index (χ0v) is 11.6. The van der Waals surface area contributed by atoms with Gasteiger partial charge in [0, 0.05) is 0 Å². The zero-order chi connectivity index (χ0) is 12.3. The molecule has 0 saturated heterocycles. The topological polar surface area (TPSA) is 0 Å². The number of fused-ring (bicyclic) bond motifs is 1. The molecule has 0 fully saturated rings. The summed E-state index contributed by atoms with van der Waals surface area (Å²) < 4.78 is 0. The first kappa shape index (κ1) is 12.7. The van der Waals surface area contributed by atoms with E-state index in [2.05, 4.69) is 45.0 Å². The smallest absolute Gasteiger partial charge is 0.0276 e. The van der Waals surface area contributed by atoms with E-state index in [4.69, 9.17) is 0 Å². The monoisotopic (exact) mass is 230 g/mol. The molecule has 0 radical (unpaired) electrons. The van der Waals surface area contributed by atoms with Crippen molar-refractivity contribution in [2.75, 3.05) is 0 Å². The van der Waals surface area contributed by atoms with Gasteiger partial charge in [0.15, 0.2) is 0 Å². The van der Waals surface area contributed by atoms with E-state index in [0.717, 1.165) is 5.92 Å². The minimum atomic E-state index is 0.520. The predicted molar refractivity (Wildman–Crippen MR) is 75.3 cm³/mol. The fourth-order valence-corrected chi connectivity index (χ4v) is 3.02. The Morgan fingerprint density at radius 3 is 2.24 bits per heavy atom. The molecule has 17 heavy (non-hydrogen) atoms. The Balaban J connectivity index is 2.14. The van der Waals surface area contributed by atoms with Gasteiger partial charge in [-0.25, -0.2) is 0 Å². The molecule has 1 aromatic rings. The van der Waals surface area contributed by atoms with Crippen molar-refractivity contribution >= 4 is 0 Å². The molecule has 0 heteroatoms. The van der Waals surface area contributed by atoms with Gasteiger partial charge in [0.2, 0.25) is 0 Å². The maximum atomic E-state index is 2.45. The number of benzene rings is 1. The van der Waals surface area contributed by atoms with Gasteiger partial charge in [0.25, 0.3) is 0 Å². The molecule has 0 N–H and O–H groups in total. The summed E-state index contributed by atoms with van der Waals surface area (Å²) in [5.74, 6) is 0.854. The fraction of sp³-hybridized carbons (Fsp3) is 0.647. The lowest BCUT2D eigenvalue weighted by Gasteiger charge is -2.33. The van der Waals surface area contributed by atoms with Crippen LogP contribution in [0.5, 0.6) is 0 Å². The standard InChI is InChI=1S/C17H26/c1-14-8-6-11-15-9-4-5-10-16(15)12-7-13-17(14,2)3/h4-5,9-10,14H,6-8,11-13H2,1-3H3. The van der Waals surface area contributed by atoms with Crippen LogP contribution in [0.4, 0.5) is 0 Å². The predicted octanol–water partition coefficient (Wildman–Crippen LogP) is 5.01. The Kier molecular flexibility index (Phi) is 3.91. The maximum absolute atomic E-state index is 2.45. The molecule has 1 aliphatic carbocycles. The summed E-state index contributed by atoms with van der Waals surface area (Å²) in [5, 5.41) is 0. The summed E-state index contributed by atoms with van der Waals surface area (Å²) >= 11 is 0. The van der Waals surface area contributed by atoms with Gasteiger partial charge in [0.05, 0.1) is 0 Å². The van der Waals surface area contributed by atoms with Crippen LogP contribution < -0.4 is 0 Å². The molecule has 94 valence electrons. The highest BCUT2D eigenvalue weighted by atomic mass is 14.3. The first-order chi connectivity index (χ1) is 8.09. The van der Waals surface area contributed by atoms with Crippen molar-refractivity contribution in [2.45, 2.75) is 59.3 Å². The summed E-state index contributed by atoms with van der Waals surface area (Å²) in [4.78, 5) is 0. The van der Waals surface area contributed by atoms with E-state index in [-0.39, 0.29) is 0 Å². The second-order valence-electron chi connectivity index (χ2n) is 6.40. The molecule has 1 aliphatic rings. The Hall–Kier alpha value is -0.780. The summed E-state index contributed by atoms with van der Waals surface area (Å²) in [6.45, 7) is 7.34. The Morgan fingerprint density at radius 2 is 1.59 bits per heavy atom. The lowest BCUT2D eigenvalue weighted by Crippen LogP contribution is -2.22. The molecule has 1 atom stereocenters. The van der Waals surface area contributed by atoms with Crippen LogP contribution in [0.15, 0.2) is 24.3 Å². The van der Waals surface area contributed by atoms with E-state index in [1.54, 1.807) is 11.1 Å². The quantitative estimate of drug-likeness (QED) is 0.588. The van der Waals surface area contributed by atoms with Gasteiger partial charge in [-0.3, -0.25) is 0 Å². The van der Waals surface area contributed by atoms with E-state index >= 15 is 0 Å². The fourth-order valence-electron chi connectivity index (χ4n) is 3.02. The van der Waals surface area contributed by atoms with Crippen LogP contribution in [0.2, 0.25) is 0 Å². The van der Waals surface area contributed by atoms with Gasteiger partial charge in [-0.1, -0.05) is 45.0 Å². The zero-order valence-electron chi connectivity index (χ0n) is 11.6. The molecule has 0 aromatic heterocycles. The van der Waals surface area contributed by atoms with Crippen molar-refractivity contribution in [1.82, 2.24) is 0 Å². The molecule has 1 unspecified atom stereocenters. The maximum Gasteiger partial charge on any atom is -0.0276 e. The molecular weight excluding hydrogens is 204 g/mol. The van der Waals surface area contributed by atoms with Gasteiger partial charge in [-0.2, -0.15) is 0 Å². The van der Waals surface area contributed by atoms with Gasteiger partial charge < -0.3 is 0 Å². The van der Waals surface area contributed by atoms with Crippen molar-refractivity contribution in [3.05, 3.63) is 35.4 Å². The molecule has 0 heterocycles. The second kappa shape index (κ2) is 5.25. The van der Waals surface area contributed by atoms with Gasteiger partial charge in [-0.15, -0.1) is 0 Å². The molecular formula is C17H26. The largest absolute Gasteiger partial charge is 0.0620 e. The van der Waals surface area contributed by atoms with E-state index in [1.165, 1.54) is 38.5 Å². The third kappa shape index (κ3) is 3.12. The van der Waals surface area contributed by atoms with E-state index in [1.807, 2.05) is 0 Å². The molecule has 0 amide bonds. The van der Waals surface area contributed by atoms with Crippen molar-refractivity contribution in [3.8, 4) is 0 Å². The van der Waals surface area contributed by atoms with Crippen LogP contribution in [0.1, 0.15) is 57.6 Å². The second-order valence-corrected chi connectivity index (χ2v) is 6.40. The highest BCUT2D eigenvalue weighted by Crippen LogP contribution is 2.36. The lowest BCUT2D eigenvalue weighted by molar-refractivity contribution is 0.191. The highest BCUT2D eigenvalue weighted by Gasteiger charge is 2.25. The van der Waals surface area contributed by atoms with Crippen molar-refractivity contribution < 1.29 is 0 Å². The lowest BCUT2D eigenvalue weighted by atomic mass is 9.73. The van der Waals surface area contributed by atoms with Gasteiger partial charge >= 0.3 is 0 Å². The molecule has 0 spiro atoms. The number of rotatable bonds is 0. The summed E-state index contributed by atoms with van der Waals surface area (Å²) in [6, 6.07) is 9.04. The van der Waals surface area contributed by atoms with Crippen molar-refractivity contribution in [1.29, 1.82) is 0 Å². The van der Waals surface area contributed by atoms with Crippen LogP contribution in [0.25, 0.3) is 0 Å². The van der Waals surface area contributed by atoms with Crippen molar-refractivity contribution in [2.24, 2.45) is 11.3 Å². The molecule has 1 aromatic carbocycles. The first-order valence-electron chi connectivity index (χ1n) is 7.16. The van der Waals surface area contributed by atoms with Crippen LogP contribution in [0.3, 0.4) is 0 Å². The van der Waals surface area contributed by atoms with Crippen LogP contribution in [-0.2, 0) is 12.8 Å². The van der Waals surface area contributed by atoms with Crippen molar-refractivity contribution in [3.63, 3.8) is 0 Å².